The minimum absolute atomic E-state index is 0.00839. The van der Waals surface area contributed by atoms with Gasteiger partial charge in [-0.1, -0.05) is 19.4 Å². The Labute approximate surface area is 120 Å². The van der Waals surface area contributed by atoms with Gasteiger partial charge in [0.15, 0.2) is 6.61 Å². The van der Waals surface area contributed by atoms with Crippen LogP contribution in [-0.2, 0) is 11.2 Å². The first-order valence-electron chi connectivity index (χ1n) is 6.97. The van der Waals surface area contributed by atoms with Gasteiger partial charge in [0.05, 0.1) is 7.11 Å². The maximum Gasteiger partial charge on any atom is 0.257 e. The molecule has 5 nitrogen and oxygen atoms in total. The Hall–Kier alpha value is -1.75. The van der Waals surface area contributed by atoms with Crippen LogP contribution in [-0.4, -0.2) is 32.7 Å². The highest BCUT2D eigenvalue weighted by atomic mass is 16.5. The zero-order chi connectivity index (χ0) is 14.8. The lowest BCUT2D eigenvalue weighted by Crippen LogP contribution is -2.29. The van der Waals surface area contributed by atoms with Gasteiger partial charge in [0, 0.05) is 12.6 Å². The Kier molecular flexibility index (Phi) is 7.50. The Morgan fingerprint density at radius 1 is 1.40 bits per heavy atom. The Morgan fingerprint density at radius 3 is 2.85 bits per heavy atom. The summed E-state index contributed by atoms with van der Waals surface area (Å²) < 4.78 is 10.7. The van der Waals surface area contributed by atoms with Crippen LogP contribution in [0.5, 0.6) is 11.5 Å². The van der Waals surface area contributed by atoms with E-state index in [9.17, 15) is 4.79 Å². The lowest BCUT2D eigenvalue weighted by atomic mass is 10.1. The molecule has 0 spiro atoms. The van der Waals surface area contributed by atoms with Gasteiger partial charge in [0.2, 0.25) is 0 Å². The smallest absolute Gasteiger partial charge is 0.257 e. The number of nitrogens with one attached hydrogen (secondary N) is 1. The van der Waals surface area contributed by atoms with Crippen LogP contribution in [0.4, 0.5) is 0 Å². The number of rotatable bonds is 9. The molecule has 0 atom stereocenters. The van der Waals surface area contributed by atoms with Gasteiger partial charge in [-0.2, -0.15) is 0 Å². The SMILES string of the molecule is CCCCNC(=O)COc1cc(OC)ccc1CCN. The average molecular weight is 280 g/mol. The summed E-state index contributed by atoms with van der Waals surface area (Å²) in [5.74, 6) is 1.24. The summed E-state index contributed by atoms with van der Waals surface area (Å²) in [5.41, 5.74) is 6.55. The number of amides is 1. The maximum atomic E-state index is 11.6. The predicted molar refractivity (Wildman–Crippen MR) is 79.2 cm³/mol. The van der Waals surface area contributed by atoms with E-state index in [0.717, 1.165) is 18.4 Å². The van der Waals surface area contributed by atoms with Gasteiger partial charge in [-0.05, 0) is 31.0 Å². The van der Waals surface area contributed by atoms with Crippen LogP contribution < -0.4 is 20.5 Å². The van der Waals surface area contributed by atoms with Gasteiger partial charge in [0.25, 0.3) is 5.91 Å². The van der Waals surface area contributed by atoms with Crippen molar-refractivity contribution >= 4 is 5.91 Å². The number of ether oxygens (including phenoxy) is 2. The highest BCUT2D eigenvalue weighted by molar-refractivity contribution is 5.77. The number of nitrogens with two attached hydrogens (primary N) is 1. The molecule has 0 saturated carbocycles. The molecule has 1 aromatic rings. The average Bonchev–Trinajstić information content (AvgIpc) is 2.46. The van der Waals surface area contributed by atoms with Crippen molar-refractivity contribution in [1.29, 1.82) is 0 Å². The highest BCUT2D eigenvalue weighted by Gasteiger charge is 2.08. The molecule has 0 aromatic heterocycles. The molecule has 0 bridgehead atoms. The molecule has 0 saturated heterocycles. The number of hydrogen-bond acceptors (Lipinski definition) is 4. The van der Waals surface area contributed by atoms with Crippen molar-refractivity contribution in [2.24, 2.45) is 5.73 Å². The summed E-state index contributed by atoms with van der Waals surface area (Å²) in [6.45, 7) is 3.31. The molecule has 0 aliphatic rings. The van der Waals surface area contributed by atoms with E-state index in [1.165, 1.54) is 0 Å². The zero-order valence-electron chi connectivity index (χ0n) is 12.3. The number of carbonyl (C=O) groups excluding carboxylic acids is 1. The maximum absolute atomic E-state index is 11.6. The topological polar surface area (TPSA) is 73.6 Å². The fourth-order valence-corrected chi connectivity index (χ4v) is 1.76. The third-order valence-electron chi connectivity index (χ3n) is 2.90. The molecule has 1 rings (SSSR count). The minimum atomic E-state index is -0.111. The summed E-state index contributed by atoms with van der Waals surface area (Å²) in [4.78, 5) is 11.6. The van der Waals surface area contributed by atoms with Crippen molar-refractivity contribution in [3.05, 3.63) is 23.8 Å². The first kappa shape index (κ1) is 16.3. The zero-order valence-corrected chi connectivity index (χ0v) is 12.3. The van der Waals surface area contributed by atoms with Crippen molar-refractivity contribution in [3.63, 3.8) is 0 Å². The van der Waals surface area contributed by atoms with E-state index >= 15 is 0 Å². The molecule has 0 radical (unpaired) electrons. The van der Waals surface area contributed by atoms with E-state index in [-0.39, 0.29) is 12.5 Å². The van der Waals surface area contributed by atoms with E-state index < -0.39 is 0 Å². The Balaban J connectivity index is 2.58. The number of unbranched alkanes of at least 4 members (excludes halogenated alkanes) is 1. The monoisotopic (exact) mass is 280 g/mol. The van der Waals surface area contributed by atoms with Crippen molar-refractivity contribution in [1.82, 2.24) is 5.32 Å². The Morgan fingerprint density at radius 2 is 2.20 bits per heavy atom. The first-order valence-corrected chi connectivity index (χ1v) is 6.97. The molecule has 1 aromatic carbocycles. The van der Waals surface area contributed by atoms with Crippen molar-refractivity contribution < 1.29 is 14.3 Å². The molecule has 0 heterocycles. The molecule has 0 aliphatic carbocycles. The van der Waals surface area contributed by atoms with Crippen LogP contribution in [0.2, 0.25) is 0 Å². The van der Waals surface area contributed by atoms with E-state index in [4.69, 9.17) is 15.2 Å². The van der Waals surface area contributed by atoms with E-state index in [0.29, 0.717) is 31.0 Å². The number of hydrogen-bond donors (Lipinski definition) is 2. The van der Waals surface area contributed by atoms with Crippen LogP contribution in [0.15, 0.2) is 18.2 Å². The van der Waals surface area contributed by atoms with Gasteiger partial charge in [-0.25, -0.2) is 0 Å². The molecule has 1 amide bonds. The summed E-state index contributed by atoms with van der Waals surface area (Å²) in [6.07, 6.45) is 2.73. The quantitative estimate of drug-likeness (QED) is 0.672. The first-order chi connectivity index (χ1) is 9.71. The molecule has 0 aliphatic heterocycles. The third kappa shape index (κ3) is 5.48. The van der Waals surface area contributed by atoms with Gasteiger partial charge in [0.1, 0.15) is 11.5 Å². The summed E-state index contributed by atoms with van der Waals surface area (Å²) >= 11 is 0. The van der Waals surface area contributed by atoms with Crippen molar-refractivity contribution in [2.45, 2.75) is 26.2 Å². The molecular formula is C15H24N2O3. The van der Waals surface area contributed by atoms with Gasteiger partial charge < -0.3 is 20.5 Å². The second kappa shape index (κ2) is 9.20. The standard InChI is InChI=1S/C15H24N2O3/c1-3-4-9-17-15(18)11-20-14-10-13(19-2)6-5-12(14)7-8-16/h5-6,10H,3-4,7-9,11,16H2,1-2H3,(H,17,18). The van der Waals surface area contributed by atoms with E-state index in [1.54, 1.807) is 13.2 Å². The minimum Gasteiger partial charge on any atom is -0.497 e. The summed E-state index contributed by atoms with van der Waals surface area (Å²) in [6, 6.07) is 5.56. The molecule has 3 N–H and O–H groups in total. The second-order valence-electron chi connectivity index (χ2n) is 4.50. The van der Waals surface area contributed by atoms with Gasteiger partial charge >= 0.3 is 0 Å². The summed E-state index contributed by atoms with van der Waals surface area (Å²) in [5, 5.41) is 2.81. The summed E-state index contributed by atoms with van der Waals surface area (Å²) in [7, 11) is 1.60. The molecule has 20 heavy (non-hydrogen) atoms. The lowest BCUT2D eigenvalue weighted by molar-refractivity contribution is -0.123. The molecule has 112 valence electrons. The third-order valence-corrected chi connectivity index (χ3v) is 2.90. The number of carbonyl (C=O) groups is 1. The van der Waals surface area contributed by atoms with Crippen LogP contribution in [0.25, 0.3) is 0 Å². The van der Waals surface area contributed by atoms with Gasteiger partial charge in [-0.3, -0.25) is 4.79 Å². The van der Waals surface area contributed by atoms with Crippen molar-refractivity contribution in [3.8, 4) is 11.5 Å². The van der Waals surface area contributed by atoms with Crippen LogP contribution >= 0.6 is 0 Å². The predicted octanol–water partition coefficient (Wildman–Crippen LogP) is 1.49. The highest BCUT2D eigenvalue weighted by Crippen LogP contribution is 2.25. The fraction of sp³-hybridized carbons (Fsp3) is 0.533. The van der Waals surface area contributed by atoms with Crippen LogP contribution in [0, 0.1) is 0 Å². The second-order valence-corrected chi connectivity index (χ2v) is 4.50. The normalized spacial score (nSPS) is 10.2. The lowest BCUT2D eigenvalue weighted by Gasteiger charge is -2.12. The molecule has 0 unspecified atom stereocenters. The van der Waals surface area contributed by atoms with E-state index in [1.807, 2.05) is 12.1 Å². The number of methoxy groups -OCH3 is 1. The van der Waals surface area contributed by atoms with Crippen molar-refractivity contribution in [2.75, 3.05) is 26.8 Å². The van der Waals surface area contributed by atoms with E-state index in [2.05, 4.69) is 12.2 Å². The molecular weight excluding hydrogens is 256 g/mol. The van der Waals surface area contributed by atoms with Crippen LogP contribution in [0.3, 0.4) is 0 Å². The molecule has 5 heteroatoms. The van der Waals surface area contributed by atoms with Crippen LogP contribution in [0.1, 0.15) is 25.3 Å². The van der Waals surface area contributed by atoms with Gasteiger partial charge in [-0.15, -0.1) is 0 Å². The Bertz CT molecular complexity index is 422. The number of benzene rings is 1. The molecule has 0 fully saturated rings. The largest absolute Gasteiger partial charge is 0.497 e. The fourth-order valence-electron chi connectivity index (χ4n) is 1.76.